The lowest BCUT2D eigenvalue weighted by Crippen LogP contribution is -2.58. The van der Waals surface area contributed by atoms with Gasteiger partial charge in [-0.15, -0.1) is 0 Å². The first-order valence-electron chi connectivity index (χ1n) is 14.3. The minimum Gasteiger partial charge on any atom is -0.481 e. The van der Waals surface area contributed by atoms with Crippen LogP contribution in [0.4, 0.5) is 0 Å². The van der Waals surface area contributed by atoms with E-state index in [1.54, 1.807) is 0 Å². The molecule has 1 saturated carbocycles. The molecule has 2 bridgehead atoms. The van der Waals surface area contributed by atoms with Gasteiger partial charge in [-0.05, 0) is 63.9 Å². The zero-order valence-corrected chi connectivity index (χ0v) is 21.0. The van der Waals surface area contributed by atoms with Crippen LogP contribution in [0.2, 0.25) is 0 Å². The Bertz CT molecular complexity index is 898. The highest BCUT2D eigenvalue weighted by Crippen LogP contribution is 2.46. The molecule has 4 heterocycles. The molecule has 0 spiro atoms. The number of nitrogens with zero attached hydrogens (tertiary/aromatic N) is 4. The molecule has 35 heavy (non-hydrogen) atoms. The summed E-state index contributed by atoms with van der Waals surface area (Å²) in [5.41, 5.74) is 2.23. The van der Waals surface area contributed by atoms with E-state index in [9.17, 15) is 15.0 Å². The maximum absolute atomic E-state index is 11.8. The number of fused-ring (bicyclic) bond motifs is 2. The van der Waals surface area contributed by atoms with E-state index in [0.29, 0.717) is 50.1 Å². The molecular formula is C28H42N4O3. The lowest BCUT2D eigenvalue weighted by atomic mass is 9.91. The minimum atomic E-state index is -0.731. The second-order valence-corrected chi connectivity index (χ2v) is 11.7. The van der Waals surface area contributed by atoms with Crippen LogP contribution in [0.5, 0.6) is 0 Å². The molecular weight excluding hydrogens is 440 g/mol. The maximum atomic E-state index is 11.8. The molecule has 2 unspecified atom stereocenters. The van der Waals surface area contributed by atoms with Gasteiger partial charge in [-0.25, -0.2) is 4.99 Å². The van der Waals surface area contributed by atoms with Crippen molar-refractivity contribution in [2.45, 2.75) is 120 Å². The number of allylic oxidation sites excluding steroid dienone is 3. The third-order valence-electron chi connectivity index (χ3n) is 9.74. The highest BCUT2D eigenvalue weighted by Gasteiger charge is 2.53. The van der Waals surface area contributed by atoms with Crippen LogP contribution in [-0.2, 0) is 4.79 Å². The van der Waals surface area contributed by atoms with Crippen molar-refractivity contribution in [1.29, 1.82) is 0 Å². The van der Waals surface area contributed by atoms with Crippen LogP contribution in [0, 0.1) is 5.92 Å². The van der Waals surface area contributed by atoms with E-state index in [2.05, 4.69) is 26.9 Å². The van der Waals surface area contributed by atoms with E-state index in [0.717, 1.165) is 30.8 Å². The normalized spacial score (nSPS) is 35.2. The van der Waals surface area contributed by atoms with E-state index in [1.165, 1.54) is 63.5 Å². The van der Waals surface area contributed by atoms with Gasteiger partial charge >= 0.3 is 5.97 Å². The molecule has 3 saturated heterocycles. The topological polar surface area (TPSA) is 79.6 Å². The van der Waals surface area contributed by atoms with Gasteiger partial charge in [0.05, 0.1) is 11.6 Å². The zero-order valence-electron chi connectivity index (χ0n) is 21.0. The summed E-state index contributed by atoms with van der Waals surface area (Å²) in [5, 5.41) is 21.2. The van der Waals surface area contributed by atoms with Crippen molar-refractivity contribution in [1.82, 2.24) is 14.7 Å². The van der Waals surface area contributed by atoms with Gasteiger partial charge in [-0.3, -0.25) is 9.69 Å². The summed E-state index contributed by atoms with van der Waals surface area (Å²) >= 11 is 0. The van der Waals surface area contributed by atoms with E-state index in [1.807, 2.05) is 0 Å². The summed E-state index contributed by atoms with van der Waals surface area (Å²) in [7, 11) is 0. The quantitative estimate of drug-likeness (QED) is 0.631. The number of hydrogen-bond acceptors (Lipinski definition) is 6. The lowest BCUT2D eigenvalue weighted by molar-refractivity contribution is -0.143. The van der Waals surface area contributed by atoms with Crippen molar-refractivity contribution < 1.29 is 15.0 Å². The smallest absolute Gasteiger partial charge is 0.306 e. The third-order valence-corrected chi connectivity index (χ3v) is 9.74. The van der Waals surface area contributed by atoms with Gasteiger partial charge in [0.2, 0.25) is 0 Å². The van der Waals surface area contributed by atoms with E-state index in [4.69, 9.17) is 4.99 Å². The van der Waals surface area contributed by atoms with Gasteiger partial charge in [0.15, 0.2) is 12.1 Å². The number of piperidine rings is 1. The van der Waals surface area contributed by atoms with Gasteiger partial charge in [0, 0.05) is 43.0 Å². The summed E-state index contributed by atoms with van der Waals surface area (Å²) in [4.78, 5) is 23.9. The third kappa shape index (κ3) is 4.33. The van der Waals surface area contributed by atoms with Gasteiger partial charge in [0.1, 0.15) is 0 Å². The number of carboxylic acid groups (broad SMARTS) is 1. The molecule has 6 aliphatic rings. The molecule has 7 nitrogen and oxygen atoms in total. The fourth-order valence-corrected chi connectivity index (χ4v) is 8.03. The average Bonchev–Trinajstić information content (AvgIpc) is 3.42. The SMILES string of the molecule is O=C(O)C1CCN(C2=NC3=C(CCC=C3)N([C@@H]3C[C@@H]4CCC3N4C3CCCCCCC3)C2O)CC1. The van der Waals surface area contributed by atoms with Gasteiger partial charge in [-0.1, -0.05) is 38.2 Å². The van der Waals surface area contributed by atoms with Crippen LogP contribution >= 0.6 is 0 Å². The first-order chi connectivity index (χ1) is 17.1. The Kier molecular flexibility index (Phi) is 6.65. The zero-order chi connectivity index (χ0) is 23.9. The minimum absolute atomic E-state index is 0.282. The number of amidine groups is 1. The fourth-order valence-electron chi connectivity index (χ4n) is 8.03. The van der Waals surface area contributed by atoms with Crippen LogP contribution in [0.15, 0.2) is 28.5 Å². The molecule has 4 atom stereocenters. The monoisotopic (exact) mass is 482 g/mol. The number of likely N-dealkylation sites (tertiary alicyclic amines) is 1. The van der Waals surface area contributed by atoms with Crippen LogP contribution in [0.1, 0.15) is 89.9 Å². The van der Waals surface area contributed by atoms with Crippen LogP contribution in [0.25, 0.3) is 0 Å². The molecule has 4 fully saturated rings. The number of aliphatic hydroxyl groups excluding tert-OH is 1. The molecule has 0 aromatic rings. The summed E-state index contributed by atoms with van der Waals surface area (Å²) in [6, 6.07) is 2.23. The Labute approximate surface area is 209 Å². The Hall–Kier alpha value is -1.86. The second-order valence-electron chi connectivity index (χ2n) is 11.7. The van der Waals surface area contributed by atoms with E-state index < -0.39 is 12.2 Å². The van der Waals surface area contributed by atoms with Crippen LogP contribution < -0.4 is 0 Å². The average molecular weight is 483 g/mol. The Morgan fingerprint density at radius 2 is 1.66 bits per heavy atom. The van der Waals surface area contributed by atoms with Gasteiger partial charge < -0.3 is 20.0 Å². The summed E-state index contributed by atoms with van der Waals surface area (Å²) in [5.74, 6) is -0.246. The van der Waals surface area contributed by atoms with Crippen LogP contribution in [-0.4, -0.2) is 80.2 Å². The predicted octanol–water partition coefficient (Wildman–Crippen LogP) is 4.10. The number of hydrogen-bond donors (Lipinski definition) is 2. The van der Waals surface area contributed by atoms with E-state index >= 15 is 0 Å². The Morgan fingerprint density at radius 3 is 2.40 bits per heavy atom. The molecule has 0 amide bonds. The number of carboxylic acids is 1. The molecule has 2 N–H and O–H groups in total. The first-order valence-corrected chi connectivity index (χ1v) is 14.3. The maximum Gasteiger partial charge on any atom is 0.306 e. The summed E-state index contributed by atoms with van der Waals surface area (Å²) < 4.78 is 0. The predicted molar refractivity (Wildman–Crippen MR) is 136 cm³/mol. The molecule has 6 rings (SSSR count). The molecule has 2 aliphatic carbocycles. The lowest BCUT2D eigenvalue weighted by Gasteiger charge is -2.47. The summed E-state index contributed by atoms with van der Waals surface area (Å²) in [6.45, 7) is 1.30. The molecule has 0 radical (unpaired) electrons. The number of rotatable bonds is 3. The number of aliphatic carboxylic acids is 1. The highest BCUT2D eigenvalue weighted by molar-refractivity contribution is 5.89. The van der Waals surface area contributed by atoms with Crippen molar-refractivity contribution >= 4 is 11.8 Å². The van der Waals surface area contributed by atoms with E-state index in [-0.39, 0.29) is 5.92 Å². The molecule has 0 aromatic carbocycles. The number of aliphatic imine (C=N–C) groups is 1. The molecule has 7 heteroatoms. The number of carbonyl (C=O) groups is 1. The largest absolute Gasteiger partial charge is 0.481 e. The molecule has 0 aromatic heterocycles. The standard InChI is InChI=1S/C28H42N4O3/c33-27-26(30-16-14-19(15-17-30)28(34)35)29-22-10-6-7-11-23(22)32(27)25-18-21-12-13-24(25)31(21)20-8-4-2-1-3-5-9-20/h6,10,19-21,24-25,27,33H,1-5,7-9,11-18H2,(H,34,35)/t21-,24?,25+,27?/m0/s1. The van der Waals surface area contributed by atoms with Crippen molar-refractivity contribution in [3.8, 4) is 0 Å². The van der Waals surface area contributed by atoms with Crippen molar-refractivity contribution in [2.75, 3.05) is 13.1 Å². The second kappa shape index (κ2) is 9.89. The fraction of sp³-hybridized carbons (Fsp3) is 0.786. The van der Waals surface area contributed by atoms with Gasteiger partial charge in [-0.2, -0.15) is 0 Å². The first kappa shape index (κ1) is 23.5. The Balaban J connectivity index is 1.25. The van der Waals surface area contributed by atoms with Crippen molar-refractivity contribution in [2.24, 2.45) is 10.9 Å². The molecule has 192 valence electrons. The van der Waals surface area contributed by atoms with Crippen molar-refractivity contribution in [3.63, 3.8) is 0 Å². The number of aliphatic hydroxyl groups is 1. The molecule has 4 aliphatic heterocycles. The van der Waals surface area contributed by atoms with Crippen LogP contribution in [0.3, 0.4) is 0 Å². The van der Waals surface area contributed by atoms with Crippen molar-refractivity contribution in [3.05, 3.63) is 23.5 Å². The Morgan fingerprint density at radius 1 is 0.914 bits per heavy atom. The highest BCUT2D eigenvalue weighted by atomic mass is 16.4. The summed E-state index contributed by atoms with van der Waals surface area (Å²) in [6.07, 6.45) is 20.0. The van der Waals surface area contributed by atoms with Gasteiger partial charge in [0.25, 0.3) is 0 Å².